The number of nitrogens with zero attached hydrogens (tertiary/aromatic N) is 1. The van der Waals surface area contributed by atoms with Crippen molar-refractivity contribution in [1.29, 1.82) is 0 Å². The molecule has 0 fully saturated rings. The number of rotatable bonds is 6. The lowest BCUT2D eigenvalue weighted by molar-refractivity contribution is -0.139. The lowest BCUT2D eigenvalue weighted by Crippen LogP contribution is -2.36. The Morgan fingerprint density at radius 2 is 2.00 bits per heavy atom. The maximum Gasteiger partial charge on any atom is 0.317 e. The van der Waals surface area contributed by atoms with E-state index in [-0.39, 0.29) is 12.6 Å². The molecular weight excluding hydrogens is 202 g/mol. The SMILES string of the molecule is CC[C@H](C)N(CC(=O)O)Cc1ccccc1. The van der Waals surface area contributed by atoms with E-state index < -0.39 is 5.97 Å². The summed E-state index contributed by atoms with van der Waals surface area (Å²) in [6, 6.07) is 10.3. The Morgan fingerprint density at radius 3 is 2.50 bits per heavy atom. The van der Waals surface area contributed by atoms with Gasteiger partial charge in [-0.25, -0.2) is 0 Å². The predicted octanol–water partition coefficient (Wildman–Crippen LogP) is 2.37. The van der Waals surface area contributed by atoms with Gasteiger partial charge in [-0.05, 0) is 18.9 Å². The maximum atomic E-state index is 10.8. The molecule has 0 unspecified atom stereocenters. The van der Waals surface area contributed by atoms with Crippen molar-refractivity contribution in [2.24, 2.45) is 0 Å². The molecule has 0 bridgehead atoms. The third-order valence-corrected chi connectivity index (χ3v) is 2.78. The topological polar surface area (TPSA) is 40.5 Å². The largest absolute Gasteiger partial charge is 0.480 e. The third-order valence-electron chi connectivity index (χ3n) is 2.78. The standard InChI is InChI=1S/C13H19NO2/c1-3-11(2)14(10-13(15)16)9-12-7-5-4-6-8-12/h4-8,11H,3,9-10H2,1-2H3,(H,15,16)/t11-/m0/s1. The highest BCUT2D eigenvalue weighted by atomic mass is 16.4. The van der Waals surface area contributed by atoms with Crippen molar-refractivity contribution in [1.82, 2.24) is 4.90 Å². The van der Waals surface area contributed by atoms with E-state index in [0.29, 0.717) is 6.54 Å². The fourth-order valence-electron chi connectivity index (χ4n) is 1.62. The predicted molar refractivity (Wildman–Crippen MR) is 64.2 cm³/mol. The van der Waals surface area contributed by atoms with Crippen LogP contribution in [0.4, 0.5) is 0 Å². The summed E-state index contributed by atoms with van der Waals surface area (Å²) in [7, 11) is 0. The highest BCUT2D eigenvalue weighted by molar-refractivity contribution is 5.69. The van der Waals surface area contributed by atoms with Crippen molar-refractivity contribution >= 4 is 5.97 Å². The Kier molecular flexibility index (Phi) is 4.99. The smallest absolute Gasteiger partial charge is 0.317 e. The first-order chi connectivity index (χ1) is 7.63. The molecule has 0 saturated heterocycles. The highest BCUT2D eigenvalue weighted by Gasteiger charge is 2.15. The number of carboxylic acid groups (broad SMARTS) is 1. The summed E-state index contributed by atoms with van der Waals surface area (Å²) in [6.07, 6.45) is 0.958. The average Bonchev–Trinajstić information content (AvgIpc) is 2.28. The summed E-state index contributed by atoms with van der Waals surface area (Å²) >= 11 is 0. The van der Waals surface area contributed by atoms with E-state index in [4.69, 9.17) is 5.11 Å². The molecule has 0 amide bonds. The van der Waals surface area contributed by atoms with Crippen molar-refractivity contribution < 1.29 is 9.90 Å². The van der Waals surface area contributed by atoms with E-state index in [1.807, 2.05) is 35.2 Å². The quantitative estimate of drug-likeness (QED) is 0.801. The van der Waals surface area contributed by atoms with Crippen LogP contribution in [0.5, 0.6) is 0 Å². The first-order valence-corrected chi connectivity index (χ1v) is 5.63. The van der Waals surface area contributed by atoms with Gasteiger partial charge in [-0.3, -0.25) is 9.69 Å². The van der Waals surface area contributed by atoms with Gasteiger partial charge in [-0.15, -0.1) is 0 Å². The maximum absolute atomic E-state index is 10.8. The zero-order valence-corrected chi connectivity index (χ0v) is 9.89. The van der Waals surface area contributed by atoms with Crippen LogP contribution in [0.25, 0.3) is 0 Å². The van der Waals surface area contributed by atoms with E-state index in [0.717, 1.165) is 12.0 Å². The van der Waals surface area contributed by atoms with Crippen LogP contribution in [0.15, 0.2) is 30.3 Å². The minimum atomic E-state index is -0.767. The molecule has 0 heterocycles. The Balaban J connectivity index is 2.67. The second kappa shape index (κ2) is 6.28. The average molecular weight is 221 g/mol. The summed E-state index contributed by atoms with van der Waals surface area (Å²) in [5.41, 5.74) is 1.16. The van der Waals surface area contributed by atoms with Crippen molar-refractivity contribution in [3.05, 3.63) is 35.9 Å². The van der Waals surface area contributed by atoms with Gasteiger partial charge < -0.3 is 5.11 Å². The van der Waals surface area contributed by atoms with Crippen LogP contribution in [0, 0.1) is 0 Å². The molecule has 0 aliphatic carbocycles. The van der Waals surface area contributed by atoms with E-state index in [1.54, 1.807) is 0 Å². The van der Waals surface area contributed by atoms with Gasteiger partial charge in [0.25, 0.3) is 0 Å². The molecule has 3 heteroatoms. The number of aliphatic carboxylic acids is 1. The third kappa shape index (κ3) is 4.03. The van der Waals surface area contributed by atoms with Crippen molar-refractivity contribution in [2.75, 3.05) is 6.54 Å². The Morgan fingerprint density at radius 1 is 1.38 bits per heavy atom. The fourth-order valence-corrected chi connectivity index (χ4v) is 1.62. The Hall–Kier alpha value is -1.35. The normalized spacial score (nSPS) is 12.7. The van der Waals surface area contributed by atoms with Crippen LogP contribution >= 0.6 is 0 Å². The number of carboxylic acids is 1. The van der Waals surface area contributed by atoms with Crippen LogP contribution < -0.4 is 0 Å². The first kappa shape index (κ1) is 12.7. The van der Waals surface area contributed by atoms with E-state index in [9.17, 15) is 4.79 Å². The summed E-state index contributed by atoms with van der Waals surface area (Å²) in [5, 5.41) is 8.86. The monoisotopic (exact) mass is 221 g/mol. The summed E-state index contributed by atoms with van der Waals surface area (Å²) in [4.78, 5) is 12.8. The van der Waals surface area contributed by atoms with E-state index >= 15 is 0 Å². The molecule has 0 radical (unpaired) electrons. The molecule has 1 aromatic carbocycles. The second-order valence-electron chi connectivity index (χ2n) is 4.04. The van der Waals surface area contributed by atoms with Gasteiger partial charge in [0.1, 0.15) is 0 Å². The Bertz CT molecular complexity index is 324. The number of hydrogen-bond donors (Lipinski definition) is 1. The minimum Gasteiger partial charge on any atom is -0.480 e. The van der Waals surface area contributed by atoms with Gasteiger partial charge in [0.15, 0.2) is 0 Å². The van der Waals surface area contributed by atoms with Crippen LogP contribution in [0.3, 0.4) is 0 Å². The van der Waals surface area contributed by atoms with E-state index in [1.165, 1.54) is 0 Å². The molecule has 0 saturated carbocycles. The van der Waals surface area contributed by atoms with Crippen LogP contribution in [0.1, 0.15) is 25.8 Å². The summed E-state index contributed by atoms with van der Waals surface area (Å²) in [6.45, 7) is 4.93. The minimum absolute atomic E-state index is 0.101. The van der Waals surface area contributed by atoms with Gasteiger partial charge in [-0.1, -0.05) is 37.3 Å². The number of hydrogen-bond acceptors (Lipinski definition) is 2. The molecular formula is C13H19NO2. The number of carbonyl (C=O) groups is 1. The van der Waals surface area contributed by atoms with Gasteiger partial charge >= 0.3 is 5.97 Å². The van der Waals surface area contributed by atoms with Crippen LogP contribution in [-0.4, -0.2) is 28.6 Å². The second-order valence-corrected chi connectivity index (χ2v) is 4.04. The molecule has 0 spiro atoms. The van der Waals surface area contributed by atoms with Gasteiger partial charge in [-0.2, -0.15) is 0 Å². The van der Waals surface area contributed by atoms with Gasteiger partial charge in [0.2, 0.25) is 0 Å². The molecule has 3 nitrogen and oxygen atoms in total. The zero-order valence-electron chi connectivity index (χ0n) is 9.89. The molecule has 0 aliphatic heterocycles. The summed E-state index contributed by atoms with van der Waals surface area (Å²) < 4.78 is 0. The summed E-state index contributed by atoms with van der Waals surface area (Å²) in [5.74, 6) is -0.767. The molecule has 16 heavy (non-hydrogen) atoms. The molecule has 1 aromatic rings. The van der Waals surface area contributed by atoms with Gasteiger partial charge in [0, 0.05) is 12.6 Å². The molecule has 1 rings (SSSR count). The molecule has 1 atom stereocenters. The van der Waals surface area contributed by atoms with Gasteiger partial charge in [0.05, 0.1) is 6.54 Å². The lowest BCUT2D eigenvalue weighted by Gasteiger charge is -2.26. The van der Waals surface area contributed by atoms with Crippen LogP contribution in [0.2, 0.25) is 0 Å². The lowest BCUT2D eigenvalue weighted by atomic mass is 10.1. The molecule has 0 aromatic heterocycles. The first-order valence-electron chi connectivity index (χ1n) is 5.63. The molecule has 0 aliphatic rings. The zero-order chi connectivity index (χ0) is 12.0. The van der Waals surface area contributed by atoms with Crippen molar-refractivity contribution in [2.45, 2.75) is 32.9 Å². The highest BCUT2D eigenvalue weighted by Crippen LogP contribution is 2.10. The Labute approximate surface area is 96.7 Å². The van der Waals surface area contributed by atoms with Crippen LogP contribution in [-0.2, 0) is 11.3 Å². The molecule has 88 valence electrons. The van der Waals surface area contributed by atoms with Crippen molar-refractivity contribution in [3.63, 3.8) is 0 Å². The number of benzene rings is 1. The fraction of sp³-hybridized carbons (Fsp3) is 0.462. The van der Waals surface area contributed by atoms with E-state index in [2.05, 4.69) is 13.8 Å². The van der Waals surface area contributed by atoms with Crippen molar-refractivity contribution in [3.8, 4) is 0 Å². The molecule has 1 N–H and O–H groups in total.